The van der Waals surface area contributed by atoms with Gasteiger partial charge in [-0.05, 0) is 57.6 Å². The van der Waals surface area contributed by atoms with Crippen LogP contribution in [0.25, 0.3) is 5.57 Å². The zero-order valence-electron chi connectivity index (χ0n) is 16.2. The molecule has 0 aromatic heterocycles. The molecule has 1 saturated carbocycles. The maximum Gasteiger partial charge on any atom is 0.513 e. The van der Waals surface area contributed by atoms with Gasteiger partial charge in [0.25, 0.3) is 0 Å². The van der Waals surface area contributed by atoms with Crippen LogP contribution in [0.2, 0.25) is 0 Å². The number of carbonyl (C=O) groups is 1. The number of ether oxygens (including phenoxy) is 3. The zero-order chi connectivity index (χ0) is 18.7. The normalized spacial score (nSPS) is 25.6. The molecule has 0 atom stereocenters. The smallest absolute Gasteiger partial charge is 0.434 e. The number of methoxy groups -OCH3 is 1. The Hall–Kier alpha value is -1.85. The number of carbonyl (C=O) groups excluding carboxylic acids is 1. The van der Waals surface area contributed by atoms with Crippen molar-refractivity contribution in [2.24, 2.45) is 0 Å². The van der Waals surface area contributed by atoms with Crippen molar-refractivity contribution in [2.75, 3.05) is 20.3 Å². The third kappa shape index (κ3) is 3.64. The van der Waals surface area contributed by atoms with Crippen molar-refractivity contribution in [3.8, 4) is 0 Å². The van der Waals surface area contributed by atoms with Crippen LogP contribution < -0.4 is 5.32 Å². The van der Waals surface area contributed by atoms with Crippen molar-refractivity contribution < 1.29 is 19.0 Å². The maximum absolute atomic E-state index is 12.1. The Bertz CT molecular complexity index is 702. The van der Waals surface area contributed by atoms with E-state index in [1.54, 1.807) is 14.0 Å². The molecule has 142 valence electrons. The Labute approximate surface area is 155 Å². The molecule has 0 bridgehead atoms. The molecule has 2 aliphatic rings. The van der Waals surface area contributed by atoms with Crippen molar-refractivity contribution >= 4 is 11.7 Å². The van der Waals surface area contributed by atoms with Gasteiger partial charge in [-0.15, -0.1) is 0 Å². The zero-order valence-corrected chi connectivity index (χ0v) is 16.2. The summed E-state index contributed by atoms with van der Waals surface area (Å²) in [5, 5.41) is 3.65. The Morgan fingerprint density at radius 2 is 2.00 bits per heavy atom. The lowest BCUT2D eigenvalue weighted by molar-refractivity contribution is 0.0320. The van der Waals surface area contributed by atoms with E-state index in [2.05, 4.69) is 37.4 Å². The summed E-state index contributed by atoms with van der Waals surface area (Å²) in [7, 11) is 1.76. The van der Waals surface area contributed by atoms with Crippen LogP contribution in [0.3, 0.4) is 0 Å². The van der Waals surface area contributed by atoms with E-state index >= 15 is 0 Å². The van der Waals surface area contributed by atoms with Crippen LogP contribution in [0.15, 0.2) is 24.0 Å². The van der Waals surface area contributed by atoms with Gasteiger partial charge in [0, 0.05) is 19.2 Å². The summed E-state index contributed by atoms with van der Waals surface area (Å²) in [6.45, 7) is 6.95. The Morgan fingerprint density at radius 1 is 1.27 bits per heavy atom. The molecule has 1 spiro atoms. The topological polar surface area (TPSA) is 56.8 Å². The monoisotopic (exact) mass is 359 g/mol. The molecular weight excluding hydrogens is 330 g/mol. The van der Waals surface area contributed by atoms with E-state index < -0.39 is 6.16 Å². The molecule has 3 rings (SSSR count). The highest BCUT2D eigenvalue weighted by Crippen LogP contribution is 2.43. The van der Waals surface area contributed by atoms with Crippen LogP contribution in [-0.4, -0.2) is 38.1 Å². The highest BCUT2D eigenvalue weighted by Gasteiger charge is 2.46. The summed E-state index contributed by atoms with van der Waals surface area (Å²) >= 11 is 0. The molecule has 5 nitrogen and oxygen atoms in total. The lowest BCUT2D eigenvalue weighted by atomic mass is 9.79. The average molecular weight is 359 g/mol. The van der Waals surface area contributed by atoms with E-state index in [-0.39, 0.29) is 11.6 Å². The molecular formula is C21H29NO4. The average Bonchev–Trinajstić information content (AvgIpc) is 2.96. The van der Waals surface area contributed by atoms with Crippen LogP contribution in [0.5, 0.6) is 0 Å². The van der Waals surface area contributed by atoms with Crippen molar-refractivity contribution in [3.63, 3.8) is 0 Å². The van der Waals surface area contributed by atoms with Crippen LogP contribution in [-0.2, 0) is 14.2 Å². The highest BCUT2D eigenvalue weighted by atomic mass is 16.7. The van der Waals surface area contributed by atoms with Crippen LogP contribution in [0, 0.1) is 13.8 Å². The molecule has 0 amide bonds. The predicted molar refractivity (Wildman–Crippen MR) is 101 cm³/mol. The molecule has 1 aliphatic carbocycles. The number of nitrogens with one attached hydrogen (secondary N) is 1. The third-order valence-corrected chi connectivity index (χ3v) is 5.60. The van der Waals surface area contributed by atoms with Crippen LogP contribution in [0.1, 0.15) is 49.3 Å². The van der Waals surface area contributed by atoms with E-state index in [1.807, 2.05) is 0 Å². The van der Waals surface area contributed by atoms with Gasteiger partial charge in [0.2, 0.25) is 0 Å². The molecule has 1 heterocycles. The number of hydrogen-bond donors (Lipinski definition) is 1. The van der Waals surface area contributed by atoms with Gasteiger partial charge in [-0.25, -0.2) is 4.79 Å². The second kappa shape index (κ2) is 7.80. The fraction of sp³-hybridized carbons (Fsp3) is 0.571. The largest absolute Gasteiger partial charge is 0.513 e. The number of benzene rings is 1. The number of aryl methyl sites for hydroxylation is 2. The van der Waals surface area contributed by atoms with Gasteiger partial charge in [0.15, 0.2) is 0 Å². The second-order valence-corrected chi connectivity index (χ2v) is 7.28. The quantitative estimate of drug-likeness (QED) is 0.820. The van der Waals surface area contributed by atoms with Crippen molar-refractivity contribution in [3.05, 3.63) is 40.6 Å². The predicted octanol–water partition coefficient (Wildman–Crippen LogP) is 4.12. The molecule has 5 heteroatoms. The summed E-state index contributed by atoms with van der Waals surface area (Å²) in [5.41, 5.74) is 4.27. The Morgan fingerprint density at radius 3 is 2.65 bits per heavy atom. The molecule has 0 radical (unpaired) electrons. The lowest BCUT2D eigenvalue weighted by Crippen LogP contribution is -2.47. The number of rotatable bonds is 4. The molecule has 0 unspecified atom stereocenters. The second-order valence-electron chi connectivity index (χ2n) is 7.28. The molecule has 0 saturated heterocycles. The third-order valence-electron chi connectivity index (χ3n) is 5.60. The maximum atomic E-state index is 12.1. The SMILES string of the molecule is CCOC(=O)OC1=C(c2cc(C)ccc2C)CNC12CCC(OC)CC2. The fourth-order valence-corrected chi connectivity index (χ4v) is 4.10. The summed E-state index contributed by atoms with van der Waals surface area (Å²) in [6, 6.07) is 6.39. The van der Waals surface area contributed by atoms with Gasteiger partial charge in [0.1, 0.15) is 5.76 Å². The molecule has 26 heavy (non-hydrogen) atoms. The first-order valence-electron chi connectivity index (χ1n) is 9.42. The van der Waals surface area contributed by atoms with E-state index in [9.17, 15) is 4.79 Å². The van der Waals surface area contributed by atoms with Gasteiger partial charge in [0.05, 0.1) is 18.2 Å². The summed E-state index contributed by atoms with van der Waals surface area (Å²) in [6.07, 6.45) is 3.31. The number of hydrogen-bond acceptors (Lipinski definition) is 5. The van der Waals surface area contributed by atoms with Gasteiger partial charge in [-0.1, -0.05) is 23.8 Å². The van der Waals surface area contributed by atoms with Crippen molar-refractivity contribution in [1.29, 1.82) is 0 Å². The minimum Gasteiger partial charge on any atom is -0.434 e. The van der Waals surface area contributed by atoms with Gasteiger partial charge in [-0.3, -0.25) is 0 Å². The Balaban J connectivity index is 2.00. The van der Waals surface area contributed by atoms with Gasteiger partial charge in [-0.2, -0.15) is 0 Å². The first kappa shape index (κ1) is 18.9. The van der Waals surface area contributed by atoms with E-state index in [0.717, 1.165) is 42.6 Å². The first-order chi connectivity index (χ1) is 12.5. The lowest BCUT2D eigenvalue weighted by Gasteiger charge is -2.38. The Kier molecular flexibility index (Phi) is 5.68. The molecule has 1 aromatic rings. The highest BCUT2D eigenvalue weighted by molar-refractivity contribution is 5.78. The van der Waals surface area contributed by atoms with Crippen molar-refractivity contribution in [1.82, 2.24) is 5.32 Å². The standard InChI is InChI=1S/C21H29NO4/c1-5-25-20(23)26-19-18(17-12-14(2)6-7-15(17)3)13-22-21(19)10-8-16(24-4)9-11-21/h6-7,12,16,22H,5,8-11,13H2,1-4H3. The minimum atomic E-state index is -0.623. The van der Waals surface area contributed by atoms with Crippen molar-refractivity contribution in [2.45, 2.75) is 58.1 Å². The molecule has 1 N–H and O–H groups in total. The first-order valence-corrected chi connectivity index (χ1v) is 9.42. The van der Waals surface area contributed by atoms with Gasteiger partial charge < -0.3 is 19.5 Å². The molecule has 1 aliphatic heterocycles. The summed E-state index contributed by atoms with van der Waals surface area (Å²) < 4.78 is 16.4. The fourth-order valence-electron chi connectivity index (χ4n) is 4.10. The summed E-state index contributed by atoms with van der Waals surface area (Å²) in [4.78, 5) is 12.1. The molecule has 1 fully saturated rings. The van der Waals surface area contributed by atoms with E-state index in [4.69, 9.17) is 14.2 Å². The minimum absolute atomic E-state index is 0.274. The van der Waals surface area contributed by atoms with Crippen LogP contribution >= 0.6 is 0 Å². The summed E-state index contributed by atoms with van der Waals surface area (Å²) in [5.74, 6) is 0.735. The van der Waals surface area contributed by atoms with Crippen LogP contribution in [0.4, 0.5) is 4.79 Å². The molecule has 1 aromatic carbocycles. The van der Waals surface area contributed by atoms with E-state index in [0.29, 0.717) is 13.2 Å². The van der Waals surface area contributed by atoms with Gasteiger partial charge >= 0.3 is 6.16 Å². The van der Waals surface area contributed by atoms with E-state index in [1.165, 1.54) is 11.1 Å².